The highest BCUT2D eigenvalue weighted by Crippen LogP contribution is 2.42. The van der Waals surface area contributed by atoms with Gasteiger partial charge in [0.1, 0.15) is 0 Å². The maximum absolute atomic E-state index is 12.1. The van der Waals surface area contributed by atoms with Crippen molar-refractivity contribution < 1.29 is 19.4 Å². The van der Waals surface area contributed by atoms with Gasteiger partial charge in [-0.2, -0.15) is 0 Å². The van der Waals surface area contributed by atoms with Gasteiger partial charge in [0.15, 0.2) is 11.5 Å². The minimum atomic E-state index is -0.433. The lowest BCUT2D eigenvalue weighted by atomic mass is 9.92. The minimum Gasteiger partial charge on any atom is -0.504 e. The molecule has 3 N–H and O–H groups in total. The summed E-state index contributed by atoms with van der Waals surface area (Å²) in [4.78, 5) is 13.6. The van der Waals surface area contributed by atoms with E-state index in [2.05, 4.69) is 0 Å². The lowest BCUT2D eigenvalue weighted by molar-refractivity contribution is 0.156. The number of phenolic OH excluding ortho intramolecular Hbond substituents is 1. The molecule has 1 aromatic carbocycles. The topological polar surface area (TPSA) is 85.0 Å². The molecule has 0 saturated heterocycles. The first-order chi connectivity index (χ1) is 9.49. The van der Waals surface area contributed by atoms with Gasteiger partial charge in [0.25, 0.3) is 0 Å². The summed E-state index contributed by atoms with van der Waals surface area (Å²) in [5, 5.41) is 9.92. The van der Waals surface area contributed by atoms with E-state index in [4.69, 9.17) is 15.2 Å². The molecule has 1 aromatic rings. The van der Waals surface area contributed by atoms with Crippen molar-refractivity contribution in [3.8, 4) is 11.5 Å². The molecule has 2 unspecified atom stereocenters. The van der Waals surface area contributed by atoms with Crippen LogP contribution in [0.2, 0.25) is 0 Å². The average molecular weight is 280 g/mol. The van der Waals surface area contributed by atoms with Gasteiger partial charge in [-0.25, -0.2) is 4.79 Å². The summed E-state index contributed by atoms with van der Waals surface area (Å²) in [6, 6.07) is 2.87. The predicted octanol–water partition coefficient (Wildman–Crippen LogP) is 2.16. The van der Waals surface area contributed by atoms with Gasteiger partial charge in [-0.3, -0.25) is 4.90 Å². The third-order valence-corrected chi connectivity index (χ3v) is 3.49. The fourth-order valence-electron chi connectivity index (χ4n) is 2.55. The van der Waals surface area contributed by atoms with E-state index in [1.54, 1.807) is 13.0 Å². The van der Waals surface area contributed by atoms with Gasteiger partial charge in [-0.1, -0.05) is 0 Å². The number of amides is 1. The lowest BCUT2D eigenvalue weighted by Gasteiger charge is -2.37. The van der Waals surface area contributed by atoms with E-state index >= 15 is 0 Å². The summed E-state index contributed by atoms with van der Waals surface area (Å²) in [6.07, 6.45) is 0.192. The van der Waals surface area contributed by atoms with E-state index in [9.17, 15) is 9.90 Å². The number of carbonyl (C=O) groups excluding carboxylic acids is 1. The second kappa shape index (κ2) is 5.58. The van der Waals surface area contributed by atoms with Crippen molar-refractivity contribution in [2.75, 3.05) is 18.6 Å². The Bertz CT molecular complexity index is 518. The van der Waals surface area contributed by atoms with Gasteiger partial charge in [-0.05, 0) is 31.9 Å². The van der Waals surface area contributed by atoms with Gasteiger partial charge in [-0.15, -0.1) is 0 Å². The molecule has 0 fully saturated rings. The predicted molar refractivity (Wildman–Crippen MR) is 75.2 cm³/mol. The zero-order chi connectivity index (χ0) is 14.9. The van der Waals surface area contributed by atoms with Crippen molar-refractivity contribution in [2.24, 2.45) is 5.73 Å². The number of fused-ring (bicyclic) bond motifs is 1. The Kier molecular flexibility index (Phi) is 4.04. The first-order valence-electron chi connectivity index (χ1n) is 6.62. The van der Waals surface area contributed by atoms with E-state index in [1.807, 2.05) is 6.92 Å². The monoisotopic (exact) mass is 280 g/mol. The number of benzene rings is 1. The molecule has 6 heteroatoms. The number of anilines is 1. The molecule has 0 aromatic heterocycles. The lowest BCUT2D eigenvalue weighted by Crippen LogP contribution is -2.44. The van der Waals surface area contributed by atoms with E-state index in [1.165, 1.54) is 18.1 Å². The van der Waals surface area contributed by atoms with Crippen molar-refractivity contribution in [1.82, 2.24) is 0 Å². The molecule has 0 saturated carbocycles. The number of rotatable bonds is 2. The normalized spacial score (nSPS) is 21.3. The fourth-order valence-corrected chi connectivity index (χ4v) is 2.55. The van der Waals surface area contributed by atoms with Gasteiger partial charge < -0.3 is 20.3 Å². The molecule has 110 valence electrons. The van der Waals surface area contributed by atoms with E-state index in [-0.39, 0.29) is 17.8 Å². The maximum atomic E-state index is 12.1. The number of carbonyl (C=O) groups is 1. The Hall–Kier alpha value is -1.95. The van der Waals surface area contributed by atoms with Crippen molar-refractivity contribution >= 4 is 11.8 Å². The molecule has 1 aliphatic heterocycles. The van der Waals surface area contributed by atoms with E-state index < -0.39 is 6.09 Å². The molecule has 2 rings (SSSR count). The average Bonchev–Trinajstić information content (AvgIpc) is 2.38. The third-order valence-electron chi connectivity index (χ3n) is 3.49. The highest BCUT2D eigenvalue weighted by molar-refractivity contribution is 5.91. The molecule has 1 heterocycles. The summed E-state index contributed by atoms with van der Waals surface area (Å²) >= 11 is 0. The van der Waals surface area contributed by atoms with Crippen LogP contribution in [0.1, 0.15) is 31.9 Å². The van der Waals surface area contributed by atoms with Crippen LogP contribution in [-0.4, -0.2) is 31.0 Å². The first kappa shape index (κ1) is 14.5. The molecule has 1 amide bonds. The number of ether oxygens (including phenoxy) is 2. The number of nitrogens with zero attached hydrogens (tertiary/aromatic N) is 1. The summed E-state index contributed by atoms with van der Waals surface area (Å²) in [7, 11) is 1.47. The Labute approximate surface area is 118 Å². The molecule has 0 spiro atoms. The fraction of sp³-hybridized carbons (Fsp3) is 0.500. The molecular formula is C14H20N2O4. The summed E-state index contributed by atoms with van der Waals surface area (Å²) in [6.45, 7) is 3.96. The largest absolute Gasteiger partial charge is 0.504 e. The second-order valence-corrected chi connectivity index (χ2v) is 4.84. The molecule has 0 radical (unpaired) electrons. The van der Waals surface area contributed by atoms with Crippen molar-refractivity contribution in [3.05, 3.63) is 17.7 Å². The van der Waals surface area contributed by atoms with E-state index in [0.29, 0.717) is 24.5 Å². The summed E-state index contributed by atoms with van der Waals surface area (Å²) in [5.74, 6) is 0.319. The number of hydrogen-bond donors (Lipinski definition) is 2. The van der Waals surface area contributed by atoms with Crippen LogP contribution in [0.4, 0.5) is 10.5 Å². The minimum absolute atomic E-state index is 0.0261. The molecular weight excluding hydrogens is 260 g/mol. The van der Waals surface area contributed by atoms with Gasteiger partial charge in [0, 0.05) is 18.2 Å². The molecule has 6 nitrogen and oxygen atoms in total. The highest BCUT2D eigenvalue weighted by Gasteiger charge is 2.34. The highest BCUT2D eigenvalue weighted by atomic mass is 16.6. The molecule has 2 atom stereocenters. The summed E-state index contributed by atoms with van der Waals surface area (Å²) in [5.41, 5.74) is 7.48. The van der Waals surface area contributed by atoms with Gasteiger partial charge in [0.05, 0.1) is 19.4 Å². The smallest absolute Gasteiger partial charge is 0.414 e. The van der Waals surface area contributed by atoms with Crippen molar-refractivity contribution in [3.63, 3.8) is 0 Å². The number of hydrogen-bond acceptors (Lipinski definition) is 5. The molecule has 0 aliphatic carbocycles. The van der Waals surface area contributed by atoms with Crippen LogP contribution >= 0.6 is 0 Å². The molecule has 20 heavy (non-hydrogen) atoms. The van der Waals surface area contributed by atoms with Crippen molar-refractivity contribution in [2.45, 2.75) is 32.4 Å². The SMILES string of the molecule is CCOC(=O)N1c2cc(O)c(OC)cc2C(N)CC1C. The quantitative estimate of drug-likeness (QED) is 0.867. The van der Waals surface area contributed by atoms with Crippen LogP contribution in [0, 0.1) is 0 Å². The number of phenols is 1. The first-order valence-corrected chi connectivity index (χ1v) is 6.62. The second-order valence-electron chi connectivity index (χ2n) is 4.84. The maximum Gasteiger partial charge on any atom is 0.414 e. The Morgan fingerprint density at radius 3 is 2.85 bits per heavy atom. The molecule has 0 bridgehead atoms. The molecule has 1 aliphatic rings. The van der Waals surface area contributed by atoms with Crippen LogP contribution in [0.3, 0.4) is 0 Å². The van der Waals surface area contributed by atoms with Gasteiger partial charge in [0.2, 0.25) is 0 Å². The standard InChI is InChI=1S/C14H20N2O4/c1-4-20-14(18)16-8(2)5-10(15)9-6-13(19-3)12(17)7-11(9)16/h6-8,10,17H,4-5,15H2,1-3H3. The summed E-state index contributed by atoms with van der Waals surface area (Å²) < 4.78 is 10.2. The Morgan fingerprint density at radius 1 is 1.55 bits per heavy atom. The number of nitrogens with two attached hydrogens (primary N) is 1. The van der Waals surface area contributed by atoms with E-state index in [0.717, 1.165) is 5.56 Å². The van der Waals surface area contributed by atoms with Crippen LogP contribution in [0.25, 0.3) is 0 Å². The van der Waals surface area contributed by atoms with Crippen LogP contribution in [0.5, 0.6) is 11.5 Å². The number of methoxy groups -OCH3 is 1. The number of aromatic hydroxyl groups is 1. The third kappa shape index (κ3) is 2.38. The Morgan fingerprint density at radius 2 is 2.25 bits per heavy atom. The zero-order valence-corrected chi connectivity index (χ0v) is 11.9. The Balaban J connectivity index is 2.51. The van der Waals surface area contributed by atoms with Crippen LogP contribution < -0.4 is 15.4 Å². The van der Waals surface area contributed by atoms with Crippen LogP contribution in [-0.2, 0) is 4.74 Å². The van der Waals surface area contributed by atoms with Crippen molar-refractivity contribution in [1.29, 1.82) is 0 Å². The van der Waals surface area contributed by atoms with Crippen LogP contribution in [0.15, 0.2) is 12.1 Å². The van der Waals surface area contributed by atoms with Gasteiger partial charge >= 0.3 is 6.09 Å². The zero-order valence-electron chi connectivity index (χ0n) is 11.9.